The fourth-order valence-electron chi connectivity index (χ4n) is 7.82. The van der Waals surface area contributed by atoms with Gasteiger partial charge in [0.2, 0.25) is 11.8 Å². The molecule has 0 unspecified atom stereocenters. The van der Waals surface area contributed by atoms with Gasteiger partial charge in [0.1, 0.15) is 122 Å². The van der Waals surface area contributed by atoms with Crippen LogP contribution in [-0.4, -0.2) is 275 Å². The van der Waals surface area contributed by atoms with E-state index in [1.165, 1.54) is 0 Å². The summed E-state index contributed by atoms with van der Waals surface area (Å²) in [5, 5.41) is 163. The highest BCUT2D eigenvalue weighted by Gasteiger charge is 2.57. The molecule has 5 aliphatic rings. The summed E-state index contributed by atoms with van der Waals surface area (Å²) in [6.45, 7) is -2.53. The molecule has 0 aromatic carbocycles. The number of carbonyl (C=O) groups is 2. The first-order valence-corrected chi connectivity index (χ1v) is 19.6. The maximum Gasteiger partial charge on any atom is 0.217 e. The highest BCUT2D eigenvalue weighted by molar-refractivity contribution is 5.73. The van der Waals surface area contributed by atoms with Crippen LogP contribution >= 0.6 is 0 Å². The molecule has 25 atom stereocenters. The zero-order valence-corrected chi connectivity index (χ0v) is 33.2. The highest BCUT2D eigenvalue weighted by Crippen LogP contribution is 2.36. The summed E-state index contributed by atoms with van der Waals surface area (Å²) in [7, 11) is 0. The van der Waals surface area contributed by atoms with Crippen molar-refractivity contribution in [1.29, 1.82) is 0 Å². The molecule has 5 aliphatic heterocycles. The Morgan fingerprint density at radius 1 is 0.387 bits per heavy atom. The Labute approximate surface area is 351 Å². The normalized spacial score (nSPS) is 49.0. The molecule has 28 heteroatoms. The van der Waals surface area contributed by atoms with Gasteiger partial charge in [0.05, 0.1) is 33.0 Å². The molecule has 5 rings (SSSR count). The highest BCUT2D eigenvalue weighted by atomic mass is 16.8. The van der Waals surface area contributed by atoms with Crippen molar-refractivity contribution < 1.29 is 129 Å². The Morgan fingerprint density at radius 2 is 0.774 bits per heavy atom. The van der Waals surface area contributed by atoms with Gasteiger partial charge in [-0.3, -0.25) is 9.59 Å². The van der Waals surface area contributed by atoms with Gasteiger partial charge in [-0.25, -0.2) is 0 Å². The molecule has 0 saturated carbocycles. The summed E-state index contributed by atoms with van der Waals surface area (Å²) < 4.78 is 51.0. The lowest BCUT2D eigenvalue weighted by molar-refractivity contribution is -0.395. The van der Waals surface area contributed by atoms with E-state index < -0.39 is 198 Å². The Morgan fingerprint density at radius 3 is 1.31 bits per heavy atom. The number of aliphatic hydroxyl groups is 15. The monoisotopic (exact) mass is 910 g/mol. The van der Waals surface area contributed by atoms with E-state index in [2.05, 4.69) is 10.6 Å². The number of amides is 2. The number of hydrogen-bond donors (Lipinski definition) is 17. The van der Waals surface area contributed by atoms with Gasteiger partial charge < -0.3 is 130 Å². The minimum absolute atomic E-state index is 0.687. The molecule has 5 heterocycles. The van der Waals surface area contributed by atoms with E-state index in [9.17, 15) is 86.2 Å². The third kappa shape index (κ3) is 10.8. The maximum absolute atomic E-state index is 12.4. The van der Waals surface area contributed by atoms with E-state index in [0.717, 1.165) is 13.8 Å². The average Bonchev–Trinajstić information content (AvgIpc) is 3.23. The molecule has 5 saturated heterocycles. The van der Waals surface area contributed by atoms with Crippen molar-refractivity contribution in [2.75, 3.05) is 33.0 Å². The lowest BCUT2D eigenvalue weighted by Gasteiger charge is -2.50. The fourth-order valence-corrected chi connectivity index (χ4v) is 7.82. The molecule has 5 fully saturated rings. The predicted octanol–water partition coefficient (Wildman–Crippen LogP) is -11.6. The summed E-state index contributed by atoms with van der Waals surface area (Å²) in [5.74, 6) is -1.47. The summed E-state index contributed by atoms with van der Waals surface area (Å²) in [5.41, 5.74) is 0. The first-order valence-electron chi connectivity index (χ1n) is 19.6. The maximum atomic E-state index is 12.4. The molecule has 0 aliphatic carbocycles. The van der Waals surface area contributed by atoms with Crippen LogP contribution in [0.3, 0.4) is 0 Å². The van der Waals surface area contributed by atoms with Crippen LogP contribution in [0.5, 0.6) is 0 Å². The van der Waals surface area contributed by atoms with Gasteiger partial charge in [-0.15, -0.1) is 0 Å². The topological polar surface area (TPSA) is 445 Å². The number of carbonyl (C=O) groups excluding carboxylic acids is 2. The second-order valence-electron chi connectivity index (χ2n) is 15.4. The summed E-state index contributed by atoms with van der Waals surface area (Å²) >= 11 is 0. The van der Waals surface area contributed by atoms with Crippen LogP contribution in [0.1, 0.15) is 13.8 Å². The van der Waals surface area contributed by atoms with Crippen LogP contribution in [0.2, 0.25) is 0 Å². The number of aliphatic hydroxyl groups excluding tert-OH is 15. The molecule has 360 valence electrons. The van der Waals surface area contributed by atoms with Crippen molar-refractivity contribution in [3.05, 3.63) is 0 Å². The van der Waals surface area contributed by atoms with Gasteiger partial charge in [-0.1, -0.05) is 0 Å². The van der Waals surface area contributed by atoms with Crippen LogP contribution in [0, 0.1) is 0 Å². The summed E-state index contributed by atoms with van der Waals surface area (Å²) in [4.78, 5) is 24.2. The summed E-state index contributed by atoms with van der Waals surface area (Å²) in [6.07, 6.45) is -42.7. The Hall–Kier alpha value is -2.02. The molecule has 28 nitrogen and oxygen atoms in total. The van der Waals surface area contributed by atoms with Crippen molar-refractivity contribution in [2.24, 2.45) is 0 Å². The van der Waals surface area contributed by atoms with Crippen LogP contribution in [-0.2, 0) is 52.2 Å². The van der Waals surface area contributed by atoms with Crippen LogP contribution < -0.4 is 10.6 Å². The molecule has 0 spiro atoms. The quantitative estimate of drug-likeness (QED) is 0.0725. The molecular formula is C34H58N2O26. The molecule has 0 aromatic heterocycles. The van der Waals surface area contributed by atoms with Gasteiger partial charge >= 0.3 is 0 Å². The average molecular weight is 911 g/mol. The van der Waals surface area contributed by atoms with Gasteiger partial charge in [0, 0.05) is 13.8 Å². The third-order valence-electron chi connectivity index (χ3n) is 11.1. The Bertz CT molecular complexity index is 1440. The zero-order valence-electron chi connectivity index (χ0n) is 33.2. The molecule has 0 radical (unpaired) electrons. The van der Waals surface area contributed by atoms with Crippen molar-refractivity contribution in [3.8, 4) is 0 Å². The van der Waals surface area contributed by atoms with Crippen LogP contribution in [0.4, 0.5) is 0 Å². The Kier molecular flexibility index (Phi) is 18.1. The first-order chi connectivity index (χ1) is 29.3. The Balaban J connectivity index is 1.38. The number of ether oxygens (including phenoxy) is 9. The zero-order chi connectivity index (χ0) is 45.9. The summed E-state index contributed by atoms with van der Waals surface area (Å²) in [6, 6.07) is -3.16. The second kappa shape index (κ2) is 22.0. The van der Waals surface area contributed by atoms with E-state index >= 15 is 0 Å². The van der Waals surface area contributed by atoms with Crippen molar-refractivity contribution >= 4 is 11.8 Å². The molecular weight excluding hydrogens is 852 g/mol. The fraction of sp³-hybridized carbons (Fsp3) is 0.941. The molecule has 0 bridgehead atoms. The van der Waals surface area contributed by atoms with Crippen molar-refractivity contribution in [3.63, 3.8) is 0 Å². The van der Waals surface area contributed by atoms with E-state index in [1.54, 1.807) is 0 Å². The molecule has 62 heavy (non-hydrogen) atoms. The van der Waals surface area contributed by atoms with Gasteiger partial charge in [0.15, 0.2) is 31.5 Å². The molecule has 2 amide bonds. The standard InChI is InChI=1S/C34H58N2O26/c1-8(42)35-15-20(47)26(13(6-40)54-30(15)53)59-31-16(36-9(2)43)21(48)27(14(7-41)58-31)60-33-25(52)28(19(46)12(5-39)56-33)61-34-29(23(50)18(45)11(4-38)57-34)62-32-24(51)22(49)17(44)10(3-37)55-32/h10-34,37-41,44-53H,3-7H2,1-2H3,(H,35,42)(H,36,43)/t10-,11-,12-,13-,14-,15-,16-,17-,18-,19-,20-,21-,22+,23+,24+,25+,26-,27-,28+,29+,30-,31+,32+,33+,34-/m1/s1. The molecule has 0 aromatic rings. The van der Waals surface area contributed by atoms with E-state index in [-0.39, 0.29) is 0 Å². The predicted molar refractivity (Wildman–Crippen MR) is 190 cm³/mol. The second-order valence-corrected chi connectivity index (χ2v) is 15.4. The third-order valence-corrected chi connectivity index (χ3v) is 11.1. The number of nitrogens with one attached hydrogen (secondary N) is 2. The van der Waals surface area contributed by atoms with Gasteiger partial charge in [-0.2, -0.15) is 0 Å². The van der Waals surface area contributed by atoms with Crippen molar-refractivity contribution in [2.45, 2.75) is 167 Å². The lowest BCUT2D eigenvalue weighted by atomic mass is 9.94. The minimum Gasteiger partial charge on any atom is -0.394 e. The van der Waals surface area contributed by atoms with Gasteiger partial charge in [0.25, 0.3) is 0 Å². The molecule has 17 N–H and O–H groups in total. The van der Waals surface area contributed by atoms with Crippen LogP contribution in [0.15, 0.2) is 0 Å². The largest absolute Gasteiger partial charge is 0.394 e. The van der Waals surface area contributed by atoms with E-state index in [1.807, 2.05) is 0 Å². The van der Waals surface area contributed by atoms with E-state index in [0.29, 0.717) is 0 Å². The first kappa shape index (κ1) is 51.0. The minimum atomic E-state index is -2.18. The number of hydrogen-bond acceptors (Lipinski definition) is 26. The van der Waals surface area contributed by atoms with Gasteiger partial charge in [-0.05, 0) is 0 Å². The van der Waals surface area contributed by atoms with Crippen molar-refractivity contribution in [1.82, 2.24) is 10.6 Å². The number of rotatable bonds is 15. The van der Waals surface area contributed by atoms with E-state index in [4.69, 9.17) is 42.6 Å². The lowest BCUT2D eigenvalue weighted by Crippen LogP contribution is -2.70. The SMILES string of the molecule is CC(=O)N[C@@H]1[C@@H](O)[C@H](O[C@@H]2O[C@H](CO)[C@@H](O[C@@H]3O[C@H](CO)[C@@H](O)[C@H](O[C@H]4O[C@H](CO)[C@@H](O)[C@H](O)[C@@H]4O[C@@H]4O[C@H](CO)[C@@H](O)[C@H](O)[C@@H]4O)[C@@H]3O)[C@H](O)[C@H]2NC(C)=O)[C@@H](CO)O[C@H]1O. The van der Waals surface area contributed by atoms with Crippen LogP contribution in [0.25, 0.3) is 0 Å². The smallest absolute Gasteiger partial charge is 0.217 e.